The molecule has 2 aromatic carbocycles. The number of allylic oxidation sites excluding steroid dienone is 10. The van der Waals surface area contributed by atoms with Crippen LogP contribution in [0.2, 0.25) is 0 Å². The van der Waals surface area contributed by atoms with Crippen molar-refractivity contribution in [3.8, 4) is 0 Å². The molecule has 0 saturated carbocycles. The minimum Gasteiger partial charge on any atom is -0.0842 e. The second-order valence-electron chi connectivity index (χ2n) is 7.63. The number of benzene rings is 2. The SMILES string of the molecule is CC=C(C=CCC)C1=C2C=CC=CC2C(c2ccc(C)cc2)c2ccccc21. The van der Waals surface area contributed by atoms with Crippen LogP contribution >= 0.6 is 0 Å². The van der Waals surface area contributed by atoms with E-state index < -0.39 is 0 Å². The summed E-state index contributed by atoms with van der Waals surface area (Å²) < 4.78 is 0. The third-order valence-electron chi connectivity index (χ3n) is 5.85. The highest BCUT2D eigenvalue weighted by Gasteiger charge is 2.35. The lowest BCUT2D eigenvalue weighted by atomic mass is 9.66. The molecule has 0 N–H and O–H groups in total. The molecule has 2 aliphatic carbocycles. The molecule has 2 atom stereocenters. The van der Waals surface area contributed by atoms with E-state index in [0.29, 0.717) is 11.8 Å². The maximum Gasteiger partial charge on any atom is 0.0199 e. The highest BCUT2D eigenvalue weighted by Crippen LogP contribution is 2.50. The first-order valence-electron chi connectivity index (χ1n) is 10.3. The van der Waals surface area contributed by atoms with Crippen molar-refractivity contribution in [2.75, 3.05) is 0 Å². The molecule has 0 spiro atoms. The van der Waals surface area contributed by atoms with Crippen molar-refractivity contribution in [3.63, 3.8) is 0 Å². The Bertz CT molecular complexity index is 1010. The summed E-state index contributed by atoms with van der Waals surface area (Å²) in [5.41, 5.74) is 9.64. The Hall–Kier alpha value is -2.86. The van der Waals surface area contributed by atoms with Crippen LogP contribution in [0.15, 0.2) is 102 Å². The second kappa shape index (κ2) is 8.02. The molecular formula is C28H28. The fourth-order valence-electron chi connectivity index (χ4n) is 4.49. The molecule has 140 valence electrons. The predicted molar refractivity (Wildman–Crippen MR) is 121 cm³/mol. The molecule has 4 rings (SSSR count). The molecule has 0 nitrogen and oxygen atoms in total. The summed E-state index contributed by atoms with van der Waals surface area (Å²) in [6.07, 6.45) is 16.9. The van der Waals surface area contributed by atoms with Crippen LogP contribution in [0.4, 0.5) is 0 Å². The molecule has 2 aromatic rings. The van der Waals surface area contributed by atoms with Gasteiger partial charge in [0, 0.05) is 11.8 Å². The summed E-state index contributed by atoms with van der Waals surface area (Å²) in [5.74, 6) is 0.715. The van der Waals surface area contributed by atoms with Gasteiger partial charge in [-0.25, -0.2) is 0 Å². The van der Waals surface area contributed by atoms with E-state index in [2.05, 4.69) is 112 Å². The highest BCUT2D eigenvalue weighted by atomic mass is 14.4. The number of fused-ring (bicyclic) bond motifs is 2. The maximum absolute atomic E-state index is 2.38. The van der Waals surface area contributed by atoms with E-state index in [1.165, 1.54) is 39.0 Å². The van der Waals surface area contributed by atoms with Crippen molar-refractivity contribution in [2.45, 2.75) is 33.1 Å². The lowest BCUT2D eigenvalue weighted by molar-refractivity contribution is 0.648. The zero-order valence-corrected chi connectivity index (χ0v) is 17.0. The standard InChI is InChI=1S/C28H28/c1-4-6-11-21(5-2)27-23-12-7-9-14-25(23)28(22-18-16-20(3)17-19-22)26-15-10-8-13-24(26)27/h5-19,25,28H,4H2,1-3H3. The Kier molecular flexibility index (Phi) is 5.30. The van der Waals surface area contributed by atoms with E-state index in [-0.39, 0.29) is 0 Å². The van der Waals surface area contributed by atoms with Gasteiger partial charge in [0.05, 0.1) is 0 Å². The van der Waals surface area contributed by atoms with Crippen molar-refractivity contribution in [2.24, 2.45) is 5.92 Å². The van der Waals surface area contributed by atoms with E-state index in [0.717, 1.165) is 6.42 Å². The molecule has 2 unspecified atom stereocenters. The van der Waals surface area contributed by atoms with Crippen LogP contribution in [0.1, 0.15) is 48.4 Å². The molecule has 0 fully saturated rings. The highest BCUT2D eigenvalue weighted by molar-refractivity contribution is 5.90. The van der Waals surface area contributed by atoms with Crippen molar-refractivity contribution in [3.05, 3.63) is 124 Å². The van der Waals surface area contributed by atoms with Crippen LogP contribution in [0.25, 0.3) is 5.57 Å². The van der Waals surface area contributed by atoms with E-state index in [9.17, 15) is 0 Å². The smallest absolute Gasteiger partial charge is 0.0199 e. The molecule has 0 aromatic heterocycles. The molecule has 0 heterocycles. The Labute approximate surface area is 169 Å². The molecule has 0 radical (unpaired) electrons. The van der Waals surface area contributed by atoms with Gasteiger partial charge in [-0.3, -0.25) is 0 Å². The van der Waals surface area contributed by atoms with Gasteiger partial charge < -0.3 is 0 Å². The monoisotopic (exact) mass is 364 g/mol. The predicted octanol–water partition coefficient (Wildman–Crippen LogP) is 7.55. The third kappa shape index (κ3) is 3.24. The topological polar surface area (TPSA) is 0 Å². The average Bonchev–Trinajstić information content (AvgIpc) is 2.74. The molecule has 28 heavy (non-hydrogen) atoms. The van der Waals surface area contributed by atoms with Crippen LogP contribution in [-0.4, -0.2) is 0 Å². The van der Waals surface area contributed by atoms with Gasteiger partial charge in [0.15, 0.2) is 0 Å². The zero-order chi connectivity index (χ0) is 19.5. The van der Waals surface area contributed by atoms with Gasteiger partial charge in [0.25, 0.3) is 0 Å². The van der Waals surface area contributed by atoms with E-state index in [4.69, 9.17) is 0 Å². The quantitative estimate of drug-likeness (QED) is 0.491. The molecule has 0 saturated heterocycles. The molecule has 0 heteroatoms. The van der Waals surface area contributed by atoms with Gasteiger partial charge in [-0.2, -0.15) is 0 Å². The Morgan fingerprint density at radius 2 is 1.79 bits per heavy atom. The molecule has 2 aliphatic rings. The first-order valence-corrected chi connectivity index (χ1v) is 10.3. The lowest BCUT2D eigenvalue weighted by Crippen LogP contribution is -2.22. The van der Waals surface area contributed by atoms with Gasteiger partial charge in [-0.05, 0) is 53.7 Å². The second-order valence-corrected chi connectivity index (χ2v) is 7.63. The summed E-state index contributed by atoms with van der Waals surface area (Å²) in [4.78, 5) is 0. The fourth-order valence-corrected chi connectivity index (χ4v) is 4.49. The Morgan fingerprint density at radius 3 is 2.54 bits per heavy atom. The molecule has 0 amide bonds. The summed E-state index contributed by atoms with van der Waals surface area (Å²) in [6, 6.07) is 18.1. The molecule has 0 aliphatic heterocycles. The minimum atomic E-state index is 0.352. The number of aryl methyl sites for hydroxylation is 1. The number of rotatable bonds is 4. The van der Waals surface area contributed by atoms with E-state index >= 15 is 0 Å². The first-order chi connectivity index (χ1) is 13.7. The van der Waals surface area contributed by atoms with Crippen LogP contribution in [0.5, 0.6) is 0 Å². The lowest BCUT2D eigenvalue weighted by Gasteiger charge is -2.37. The van der Waals surface area contributed by atoms with E-state index in [1.807, 2.05) is 0 Å². The Morgan fingerprint density at radius 1 is 1.00 bits per heavy atom. The first kappa shape index (κ1) is 18.5. The Balaban J connectivity index is 1.96. The van der Waals surface area contributed by atoms with Crippen LogP contribution in [0, 0.1) is 12.8 Å². The van der Waals surface area contributed by atoms with E-state index in [1.54, 1.807) is 0 Å². The minimum absolute atomic E-state index is 0.352. The normalized spacial score (nSPS) is 21.2. The average molecular weight is 365 g/mol. The van der Waals surface area contributed by atoms with Crippen LogP contribution < -0.4 is 0 Å². The fraction of sp³-hybridized carbons (Fsp3) is 0.214. The summed E-state index contributed by atoms with van der Waals surface area (Å²) in [6.45, 7) is 6.49. The van der Waals surface area contributed by atoms with Crippen molar-refractivity contribution < 1.29 is 0 Å². The van der Waals surface area contributed by atoms with Crippen LogP contribution in [0.3, 0.4) is 0 Å². The van der Waals surface area contributed by atoms with Gasteiger partial charge >= 0.3 is 0 Å². The number of hydrogen-bond acceptors (Lipinski definition) is 0. The summed E-state index contributed by atoms with van der Waals surface area (Å²) in [7, 11) is 0. The van der Waals surface area contributed by atoms with Crippen LogP contribution in [-0.2, 0) is 0 Å². The van der Waals surface area contributed by atoms with Crippen molar-refractivity contribution in [1.82, 2.24) is 0 Å². The molecule has 0 bridgehead atoms. The largest absolute Gasteiger partial charge is 0.0842 e. The third-order valence-corrected chi connectivity index (χ3v) is 5.85. The number of hydrogen-bond donors (Lipinski definition) is 0. The van der Waals surface area contributed by atoms with Gasteiger partial charge in [-0.1, -0.05) is 104 Å². The zero-order valence-electron chi connectivity index (χ0n) is 17.0. The van der Waals surface area contributed by atoms with Gasteiger partial charge in [-0.15, -0.1) is 0 Å². The maximum atomic E-state index is 2.38. The molecular weight excluding hydrogens is 336 g/mol. The summed E-state index contributed by atoms with van der Waals surface area (Å²) >= 11 is 0. The summed E-state index contributed by atoms with van der Waals surface area (Å²) in [5, 5.41) is 0. The van der Waals surface area contributed by atoms with Crippen molar-refractivity contribution >= 4 is 5.57 Å². The van der Waals surface area contributed by atoms with Crippen molar-refractivity contribution in [1.29, 1.82) is 0 Å². The van der Waals surface area contributed by atoms with Gasteiger partial charge in [0.2, 0.25) is 0 Å². The van der Waals surface area contributed by atoms with Gasteiger partial charge in [0.1, 0.15) is 0 Å².